The quantitative estimate of drug-likeness (QED) is 0.775. The summed E-state index contributed by atoms with van der Waals surface area (Å²) in [5, 5.41) is 4.11. The van der Waals surface area contributed by atoms with Gasteiger partial charge in [0.15, 0.2) is 0 Å². The molecule has 2 rings (SSSR count). The van der Waals surface area contributed by atoms with Gasteiger partial charge in [-0.25, -0.2) is 0 Å². The molecule has 1 saturated heterocycles. The zero-order valence-electron chi connectivity index (χ0n) is 9.50. The Labute approximate surface area is 98.1 Å². The van der Waals surface area contributed by atoms with Crippen molar-refractivity contribution in [1.29, 1.82) is 0 Å². The van der Waals surface area contributed by atoms with E-state index >= 15 is 0 Å². The third kappa shape index (κ3) is 2.90. The van der Waals surface area contributed by atoms with Crippen LogP contribution in [0.15, 0.2) is 12.4 Å². The Morgan fingerprint density at radius 2 is 2.25 bits per heavy atom. The lowest BCUT2D eigenvalue weighted by Gasteiger charge is -2.28. The maximum Gasteiger partial charge on any atom is 0.0537 e. The summed E-state index contributed by atoms with van der Waals surface area (Å²) in [6.07, 6.45) is 3.76. The molecule has 1 aliphatic rings. The van der Waals surface area contributed by atoms with Gasteiger partial charge in [-0.2, -0.15) is 5.10 Å². The summed E-state index contributed by atoms with van der Waals surface area (Å²) < 4.78 is 13.0. The van der Waals surface area contributed by atoms with Gasteiger partial charge in [0.25, 0.3) is 0 Å². The maximum absolute atomic E-state index is 11.2. The molecule has 0 radical (unpaired) electrons. The van der Waals surface area contributed by atoms with Crippen LogP contribution in [-0.4, -0.2) is 50.0 Å². The van der Waals surface area contributed by atoms with Crippen molar-refractivity contribution in [2.45, 2.75) is 6.04 Å². The smallest absolute Gasteiger partial charge is 0.0537 e. The van der Waals surface area contributed by atoms with E-state index in [4.69, 9.17) is 5.73 Å². The third-order valence-electron chi connectivity index (χ3n) is 2.88. The first-order valence-corrected chi connectivity index (χ1v) is 6.95. The summed E-state index contributed by atoms with van der Waals surface area (Å²) in [5.74, 6) is 1.56. The lowest BCUT2D eigenvalue weighted by molar-refractivity contribution is 0.281. The Balaban J connectivity index is 1.87. The minimum atomic E-state index is -0.615. The van der Waals surface area contributed by atoms with Gasteiger partial charge in [-0.1, -0.05) is 0 Å². The second kappa shape index (κ2) is 5.07. The molecule has 90 valence electrons. The van der Waals surface area contributed by atoms with Crippen molar-refractivity contribution in [1.82, 2.24) is 14.7 Å². The minimum Gasteiger partial charge on any atom is -0.323 e. The minimum absolute atomic E-state index is 0.000218. The summed E-state index contributed by atoms with van der Waals surface area (Å²) in [5.41, 5.74) is 7.17. The molecule has 2 N–H and O–H groups in total. The largest absolute Gasteiger partial charge is 0.323 e. The van der Waals surface area contributed by atoms with Crippen LogP contribution in [0.1, 0.15) is 11.6 Å². The number of hydrogen-bond donors (Lipinski definition) is 1. The van der Waals surface area contributed by atoms with Gasteiger partial charge in [-0.05, 0) is 0 Å². The molecule has 5 nitrogen and oxygen atoms in total. The molecule has 0 spiro atoms. The van der Waals surface area contributed by atoms with Crippen molar-refractivity contribution >= 4 is 10.8 Å². The highest BCUT2D eigenvalue weighted by atomic mass is 32.2. The zero-order chi connectivity index (χ0) is 11.5. The first kappa shape index (κ1) is 11.8. The highest BCUT2D eigenvalue weighted by Gasteiger charge is 2.18. The Bertz CT molecular complexity index is 369. The summed E-state index contributed by atoms with van der Waals surface area (Å²) in [6.45, 7) is 2.60. The van der Waals surface area contributed by atoms with Crippen LogP contribution in [0.2, 0.25) is 0 Å². The number of aromatic nitrogens is 2. The zero-order valence-corrected chi connectivity index (χ0v) is 10.3. The Kier molecular flexibility index (Phi) is 3.73. The van der Waals surface area contributed by atoms with Crippen molar-refractivity contribution in [2.24, 2.45) is 12.8 Å². The van der Waals surface area contributed by atoms with Crippen LogP contribution < -0.4 is 5.73 Å². The van der Waals surface area contributed by atoms with Gasteiger partial charge >= 0.3 is 0 Å². The molecule has 1 aromatic rings. The maximum atomic E-state index is 11.2. The van der Waals surface area contributed by atoms with Crippen molar-refractivity contribution < 1.29 is 4.21 Å². The van der Waals surface area contributed by atoms with Crippen molar-refractivity contribution in [3.05, 3.63) is 18.0 Å². The van der Waals surface area contributed by atoms with Crippen LogP contribution in [0.4, 0.5) is 0 Å². The van der Waals surface area contributed by atoms with E-state index in [1.165, 1.54) is 0 Å². The lowest BCUT2D eigenvalue weighted by atomic mass is 10.1. The fourth-order valence-electron chi connectivity index (χ4n) is 1.87. The fraction of sp³-hybridized carbons (Fsp3) is 0.700. The van der Waals surface area contributed by atoms with Gasteiger partial charge in [-0.3, -0.25) is 13.8 Å². The number of nitrogens with zero attached hydrogens (tertiary/aromatic N) is 3. The predicted octanol–water partition coefficient (Wildman–Crippen LogP) is -0.516. The van der Waals surface area contributed by atoms with Crippen LogP contribution >= 0.6 is 0 Å². The molecule has 0 amide bonds. The number of rotatable bonds is 3. The van der Waals surface area contributed by atoms with E-state index in [1.807, 2.05) is 19.4 Å². The first-order chi connectivity index (χ1) is 7.65. The van der Waals surface area contributed by atoms with Gasteiger partial charge in [0.2, 0.25) is 0 Å². The van der Waals surface area contributed by atoms with E-state index in [0.717, 1.165) is 36.7 Å². The molecule has 6 heteroatoms. The highest BCUT2D eigenvalue weighted by molar-refractivity contribution is 7.85. The average Bonchev–Trinajstić information content (AvgIpc) is 2.68. The van der Waals surface area contributed by atoms with Gasteiger partial charge in [0.1, 0.15) is 0 Å². The number of nitrogens with two attached hydrogens (primary N) is 1. The van der Waals surface area contributed by atoms with Crippen molar-refractivity contribution in [2.75, 3.05) is 31.1 Å². The summed E-state index contributed by atoms with van der Waals surface area (Å²) >= 11 is 0. The molecule has 1 fully saturated rings. The molecular formula is C10H18N4OS. The first-order valence-electron chi connectivity index (χ1n) is 5.46. The molecule has 0 aliphatic carbocycles. The molecule has 2 heterocycles. The van der Waals surface area contributed by atoms with Crippen LogP contribution in [0.3, 0.4) is 0 Å². The molecule has 0 bridgehead atoms. The van der Waals surface area contributed by atoms with Gasteiger partial charge < -0.3 is 5.73 Å². The third-order valence-corrected chi connectivity index (χ3v) is 4.15. The van der Waals surface area contributed by atoms with Crippen LogP contribution in [0.25, 0.3) is 0 Å². The molecule has 1 unspecified atom stereocenters. The van der Waals surface area contributed by atoms with Crippen LogP contribution in [0.5, 0.6) is 0 Å². The fourth-order valence-corrected chi connectivity index (χ4v) is 3.00. The van der Waals surface area contributed by atoms with E-state index in [9.17, 15) is 4.21 Å². The second-order valence-electron chi connectivity index (χ2n) is 4.20. The number of aryl methyl sites for hydroxylation is 1. The molecule has 0 aromatic carbocycles. The van der Waals surface area contributed by atoms with E-state index in [2.05, 4.69) is 10.00 Å². The van der Waals surface area contributed by atoms with E-state index in [1.54, 1.807) is 4.68 Å². The molecular weight excluding hydrogens is 224 g/mol. The Morgan fingerprint density at radius 1 is 1.56 bits per heavy atom. The highest BCUT2D eigenvalue weighted by Crippen LogP contribution is 2.11. The average molecular weight is 242 g/mol. The van der Waals surface area contributed by atoms with Gasteiger partial charge in [0.05, 0.1) is 6.20 Å². The van der Waals surface area contributed by atoms with Gasteiger partial charge in [-0.15, -0.1) is 0 Å². The summed E-state index contributed by atoms with van der Waals surface area (Å²) in [6, 6.07) is 0.000218. The molecule has 16 heavy (non-hydrogen) atoms. The van der Waals surface area contributed by atoms with Gasteiger partial charge in [0, 0.05) is 66.8 Å². The predicted molar refractivity (Wildman–Crippen MR) is 64.5 cm³/mol. The number of hydrogen-bond acceptors (Lipinski definition) is 4. The summed E-state index contributed by atoms with van der Waals surface area (Å²) in [7, 11) is 1.27. The van der Waals surface area contributed by atoms with E-state index in [0.29, 0.717) is 0 Å². The SMILES string of the molecule is Cn1cc(C(N)CN2CCS(=O)CC2)cn1. The van der Waals surface area contributed by atoms with E-state index in [-0.39, 0.29) is 6.04 Å². The molecule has 1 atom stereocenters. The normalized spacial score (nSPS) is 21.1. The second-order valence-corrected chi connectivity index (χ2v) is 5.90. The molecule has 0 saturated carbocycles. The van der Waals surface area contributed by atoms with Crippen LogP contribution in [-0.2, 0) is 17.8 Å². The lowest BCUT2D eigenvalue weighted by Crippen LogP contribution is -2.41. The topological polar surface area (TPSA) is 64.2 Å². The Hall–Kier alpha value is -0.720. The van der Waals surface area contributed by atoms with Crippen molar-refractivity contribution in [3.63, 3.8) is 0 Å². The monoisotopic (exact) mass is 242 g/mol. The van der Waals surface area contributed by atoms with Crippen molar-refractivity contribution in [3.8, 4) is 0 Å². The van der Waals surface area contributed by atoms with E-state index < -0.39 is 10.8 Å². The standard InChI is InChI=1S/C10H18N4OS/c1-13-7-9(6-12-13)10(11)8-14-2-4-16(15)5-3-14/h6-7,10H,2-5,8,11H2,1H3. The van der Waals surface area contributed by atoms with Crippen LogP contribution in [0, 0.1) is 0 Å². The Morgan fingerprint density at radius 3 is 2.81 bits per heavy atom. The summed E-state index contributed by atoms with van der Waals surface area (Å²) in [4.78, 5) is 2.28. The molecule has 1 aromatic heterocycles. The molecule has 1 aliphatic heterocycles.